The Labute approximate surface area is 159 Å². The topological polar surface area (TPSA) is 47.6 Å². The van der Waals surface area contributed by atoms with Crippen LogP contribution < -0.4 is 5.32 Å². The predicted molar refractivity (Wildman–Crippen MR) is 103 cm³/mol. The minimum absolute atomic E-state index is 0.00625. The largest absolute Gasteiger partial charge is 0.453 e. The maximum absolute atomic E-state index is 13.3. The number of ether oxygens (including phenoxy) is 2. The molecule has 4 nitrogen and oxygen atoms in total. The van der Waals surface area contributed by atoms with E-state index in [9.17, 15) is 9.18 Å². The second kappa shape index (κ2) is 7.69. The molecule has 0 saturated carbocycles. The monoisotopic (exact) mass is 371 g/mol. The number of benzene rings is 2. The number of fused-ring (bicyclic) bond motifs is 1. The standard InChI is InChI=1S/C22H26FNO3/c1-22(2,3)20(24-21(25)26-4)19-13-27-12-18-16(6-5-7-17(18)19)14-8-10-15(23)11-9-14/h5-11,19-20H,12-13H2,1-4H3,(H,24,25). The van der Waals surface area contributed by atoms with Crippen molar-refractivity contribution >= 4 is 6.09 Å². The molecular weight excluding hydrogens is 345 g/mol. The highest BCUT2D eigenvalue weighted by atomic mass is 19.1. The van der Waals surface area contributed by atoms with Crippen LogP contribution in [-0.4, -0.2) is 25.9 Å². The number of carbonyl (C=O) groups is 1. The van der Waals surface area contributed by atoms with Crippen molar-refractivity contribution in [3.63, 3.8) is 0 Å². The first-order valence-electron chi connectivity index (χ1n) is 9.11. The maximum atomic E-state index is 13.3. The molecule has 0 aliphatic carbocycles. The van der Waals surface area contributed by atoms with E-state index in [-0.39, 0.29) is 23.2 Å². The zero-order chi connectivity index (χ0) is 19.6. The Balaban J connectivity index is 2.04. The van der Waals surface area contributed by atoms with Gasteiger partial charge in [0.2, 0.25) is 0 Å². The van der Waals surface area contributed by atoms with E-state index in [2.05, 4.69) is 32.2 Å². The Kier molecular flexibility index (Phi) is 5.51. The zero-order valence-corrected chi connectivity index (χ0v) is 16.2. The van der Waals surface area contributed by atoms with Crippen molar-refractivity contribution in [2.75, 3.05) is 13.7 Å². The summed E-state index contributed by atoms with van der Waals surface area (Å²) in [6.45, 7) is 7.28. The Morgan fingerprint density at radius 3 is 2.56 bits per heavy atom. The summed E-state index contributed by atoms with van der Waals surface area (Å²) < 4.78 is 24.1. The third kappa shape index (κ3) is 4.14. The summed E-state index contributed by atoms with van der Waals surface area (Å²) in [4.78, 5) is 11.9. The lowest BCUT2D eigenvalue weighted by Crippen LogP contribution is -2.49. The molecule has 0 radical (unpaired) electrons. The van der Waals surface area contributed by atoms with Crippen molar-refractivity contribution in [3.05, 3.63) is 59.4 Å². The molecule has 2 aromatic rings. The maximum Gasteiger partial charge on any atom is 0.407 e. The molecule has 2 unspecified atom stereocenters. The van der Waals surface area contributed by atoms with Crippen LogP contribution in [0.2, 0.25) is 0 Å². The molecule has 1 heterocycles. The van der Waals surface area contributed by atoms with Crippen LogP contribution >= 0.6 is 0 Å². The molecule has 3 rings (SSSR count). The van der Waals surface area contributed by atoms with Crippen LogP contribution in [-0.2, 0) is 16.1 Å². The fraction of sp³-hybridized carbons (Fsp3) is 0.409. The number of methoxy groups -OCH3 is 1. The number of alkyl carbamates (subject to hydrolysis) is 1. The number of hydrogen-bond donors (Lipinski definition) is 1. The first-order chi connectivity index (χ1) is 12.8. The van der Waals surface area contributed by atoms with Gasteiger partial charge in [0, 0.05) is 12.0 Å². The summed E-state index contributed by atoms with van der Waals surface area (Å²) in [5.74, 6) is -0.263. The fourth-order valence-corrected chi connectivity index (χ4v) is 3.77. The molecule has 1 aliphatic heterocycles. The average Bonchev–Trinajstić information content (AvgIpc) is 2.65. The molecule has 2 aromatic carbocycles. The quantitative estimate of drug-likeness (QED) is 0.837. The lowest BCUT2D eigenvalue weighted by molar-refractivity contribution is 0.0615. The van der Waals surface area contributed by atoms with E-state index >= 15 is 0 Å². The summed E-state index contributed by atoms with van der Waals surface area (Å²) >= 11 is 0. The molecule has 1 N–H and O–H groups in total. The summed E-state index contributed by atoms with van der Waals surface area (Å²) in [5.41, 5.74) is 4.03. The van der Waals surface area contributed by atoms with E-state index in [1.165, 1.54) is 19.2 Å². The summed E-state index contributed by atoms with van der Waals surface area (Å²) in [7, 11) is 1.37. The van der Waals surface area contributed by atoms with Crippen LogP contribution in [0.15, 0.2) is 42.5 Å². The van der Waals surface area contributed by atoms with Crippen LogP contribution in [0.1, 0.15) is 37.8 Å². The molecule has 0 fully saturated rings. The van der Waals surface area contributed by atoms with Gasteiger partial charge >= 0.3 is 6.09 Å². The third-order valence-electron chi connectivity index (χ3n) is 5.10. The Hall–Kier alpha value is -2.40. The Morgan fingerprint density at radius 1 is 1.22 bits per heavy atom. The van der Waals surface area contributed by atoms with E-state index in [4.69, 9.17) is 9.47 Å². The number of nitrogens with one attached hydrogen (secondary N) is 1. The zero-order valence-electron chi connectivity index (χ0n) is 16.2. The second-order valence-electron chi connectivity index (χ2n) is 7.98. The van der Waals surface area contributed by atoms with Crippen molar-refractivity contribution < 1.29 is 18.7 Å². The highest BCUT2D eigenvalue weighted by molar-refractivity contribution is 5.70. The molecule has 27 heavy (non-hydrogen) atoms. The lowest BCUT2D eigenvalue weighted by atomic mass is 9.74. The summed E-state index contributed by atoms with van der Waals surface area (Å²) in [6.07, 6.45) is -0.447. The van der Waals surface area contributed by atoms with Gasteiger partial charge in [0.1, 0.15) is 5.82 Å². The smallest absolute Gasteiger partial charge is 0.407 e. The second-order valence-corrected chi connectivity index (χ2v) is 7.98. The van der Waals surface area contributed by atoms with Gasteiger partial charge in [-0.25, -0.2) is 9.18 Å². The molecule has 0 saturated heterocycles. The normalized spacial score (nSPS) is 17.7. The van der Waals surface area contributed by atoms with Gasteiger partial charge in [-0.05, 0) is 39.8 Å². The van der Waals surface area contributed by atoms with Gasteiger partial charge in [0.15, 0.2) is 0 Å². The van der Waals surface area contributed by atoms with E-state index < -0.39 is 6.09 Å². The van der Waals surface area contributed by atoms with Crippen molar-refractivity contribution in [1.82, 2.24) is 5.32 Å². The molecule has 1 amide bonds. The van der Waals surface area contributed by atoms with E-state index in [0.717, 1.165) is 22.3 Å². The van der Waals surface area contributed by atoms with Crippen molar-refractivity contribution in [1.29, 1.82) is 0 Å². The van der Waals surface area contributed by atoms with Crippen molar-refractivity contribution in [2.45, 2.75) is 39.3 Å². The van der Waals surface area contributed by atoms with Crippen LogP contribution in [0.3, 0.4) is 0 Å². The van der Waals surface area contributed by atoms with Gasteiger partial charge in [0.05, 0.1) is 20.3 Å². The molecular formula is C22H26FNO3. The SMILES string of the molecule is COC(=O)NC(C1COCc2c(-c3ccc(F)cc3)cccc21)C(C)(C)C. The molecule has 144 valence electrons. The van der Waals surface area contributed by atoms with Crippen LogP contribution in [0.4, 0.5) is 9.18 Å². The molecule has 2 atom stereocenters. The third-order valence-corrected chi connectivity index (χ3v) is 5.10. The van der Waals surface area contributed by atoms with E-state index in [1.54, 1.807) is 12.1 Å². The molecule has 5 heteroatoms. The Bertz CT molecular complexity index is 811. The van der Waals surface area contributed by atoms with Gasteiger partial charge < -0.3 is 14.8 Å². The molecule has 0 spiro atoms. The van der Waals surface area contributed by atoms with E-state index in [1.807, 2.05) is 12.1 Å². The van der Waals surface area contributed by atoms with Crippen molar-refractivity contribution in [2.24, 2.45) is 5.41 Å². The first-order valence-corrected chi connectivity index (χ1v) is 9.11. The predicted octanol–water partition coefficient (Wildman–Crippen LogP) is 4.88. The Morgan fingerprint density at radius 2 is 1.93 bits per heavy atom. The molecule has 1 aliphatic rings. The molecule has 0 aromatic heterocycles. The number of amides is 1. The fourth-order valence-electron chi connectivity index (χ4n) is 3.77. The van der Waals surface area contributed by atoms with E-state index in [0.29, 0.717) is 13.2 Å². The molecule has 0 bridgehead atoms. The average molecular weight is 371 g/mol. The van der Waals surface area contributed by atoms with Gasteiger partial charge in [-0.1, -0.05) is 51.1 Å². The highest BCUT2D eigenvalue weighted by Gasteiger charge is 2.38. The van der Waals surface area contributed by atoms with Crippen LogP contribution in [0, 0.1) is 11.2 Å². The number of carbonyl (C=O) groups excluding carboxylic acids is 1. The summed E-state index contributed by atoms with van der Waals surface area (Å²) in [5, 5.41) is 2.99. The lowest BCUT2D eigenvalue weighted by Gasteiger charge is -2.40. The van der Waals surface area contributed by atoms with Gasteiger partial charge in [0.25, 0.3) is 0 Å². The van der Waals surface area contributed by atoms with Crippen LogP contribution in [0.25, 0.3) is 11.1 Å². The van der Waals surface area contributed by atoms with Gasteiger partial charge in [-0.15, -0.1) is 0 Å². The van der Waals surface area contributed by atoms with Crippen LogP contribution in [0.5, 0.6) is 0 Å². The summed E-state index contributed by atoms with van der Waals surface area (Å²) in [6, 6.07) is 12.5. The minimum Gasteiger partial charge on any atom is -0.453 e. The van der Waals surface area contributed by atoms with Crippen molar-refractivity contribution in [3.8, 4) is 11.1 Å². The highest BCUT2D eigenvalue weighted by Crippen LogP contribution is 2.40. The number of halogens is 1. The van der Waals surface area contributed by atoms with Gasteiger partial charge in [-0.2, -0.15) is 0 Å². The number of rotatable bonds is 3. The first kappa shape index (κ1) is 19.4. The minimum atomic E-state index is -0.447. The van der Waals surface area contributed by atoms with Gasteiger partial charge in [-0.3, -0.25) is 0 Å². The number of hydrogen-bond acceptors (Lipinski definition) is 3.